The molecule has 5 nitrogen and oxygen atoms in total. The zero-order chi connectivity index (χ0) is 14.3. The molecule has 100 valence electrons. The van der Waals surface area contributed by atoms with E-state index in [1.165, 1.54) is 4.90 Å². The maximum Gasteiger partial charge on any atom is 0.338 e. The number of likely N-dealkylation sites (N-methyl/N-ethyl adjacent to an activating group) is 1. The van der Waals surface area contributed by atoms with Gasteiger partial charge in [-0.1, -0.05) is 0 Å². The second kappa shape index (κ2) is 7.74. The molecule has 0 aliphatic carbocycles. The fourth-order valence-electron chi connectivity index (χ4n) is 1.25. The van der Waals surface area contributed by atoms with Crippen molar-refractivity contribution in [1.82, 2.24) is 4.90 Å². The molecule has 0 aliphatic heterocycles. The molecule has 0 atom stereocenters. The van der Waals surface area contributed by atoms with Gasteiger partial charge in [0.05, 0.1) is 18.1 Å². The molecule has 0 radical (unpaired) electrons. The summed E-state index contributed by atoms with van der Waals surface area (Å²) in [6.45, 7) is 0.0170. The van der Waals surface area contributed by atoms with E-state index in [2.05, 4.69) is 22.6 Å². The molecule has 1 aromatic rings. The Morgan fingerprint density at radius 2 is 2.00 bits per heavy atom. The Morgan fingerprint density at radius 1 is 1.37 bits per heavy atom. The number of halogens is 1. The van der Waals surface area contributed by atoms with Gasteiger partial charge in [-0.15, -0.1) is 0 Å². The highest BCUT2D eigenvalue weighted by atomic mass is 127. The number of amides is 1. The third-order valence-corrected chi connectivity index (χ3v) is 3.11. The molecule has 0 heterocycles. The summed E-state index contributed by atoms with van der Waals surface area (Å²) in [6.07, 6.45) is 0.257. The van der Waals surface area contributed by atoms with Crippen molar-refractivity contribution >= 4 is 34.5 Å². The molecular weight excluding hydrogens is 359 g/mol. The van der Waals surface area contributed by atoms with Crippen LogP contribution < -0.4 is 0 Å². The van der Waals surface area contributed by atoms with E-state index in [4.69, 9.17) is 10.00 Å². The van der Waals surface area contributed by atoms with Crippen molar-refractivity contribution in [2.45, 2.75) is 6.42 Å². The van der Waals surface area contributed by atoms with Gasteiger partial charge in [-0.25, -0.2) is 4.79 Å². The van der Waals surface area contributed by atoms with E-state index in [1.807, 2.05) is 6.07 Å². The van der Waals surface area contributed by atoms with Crippen LogP contribution in [0.4, 0.5) is 0 Å². The summed E-state index contributed by atoms with van der Waals surface area (Å²) in [7, 11) is 1.57. The third-order valence-electron chi connectivity index (χ3n) is 2.39. The Bertz CT molecular complexity index is 494. The number of hydrogen-bond acceptors (Lipinski definition) is 4. The average Bonchev–Trinajstić information content (AvgIpc) is 2.42. The van der Waals surface area contributed by atoms with Crippen LogP contribution in [0.15, 0.2) is 24.3 Å². The predicted molar refractivity (Wildman–Crippen MR) is 77.3 cm³/mol. The highest BCUT2D eigenvalue weighted by Gasteiger charge is 2.13. The van der Waals surface area contributed by atoms with Crippen molar-refractivity contribution in [3.8, 4) is 6.07 Å². The standard InChI is InChI=1S/C13H13IN2O3/c1-16(8-2-7-15)12(17)9-19-13(18)10-3-5-11(14)6-4-10/h3-6H,2,8-9H2,1H3. The molecule has 0 aromatic heterocycles. The van der Waals surface area contributed by atoms with Crippen LogP contribution >= 0.6 is 22.6 Å². The lowest BCUT2D eigenvalue weighted by atomic mass is 10.2. The smallest absolute Gasteiger partial charge is 0.338 e. The number of nitrogens with zero attached hydrogens (tertiary/aromatic N) is 2. The summed E-state index contributed by atoms with van der Waals surface area (Å²) in [5.74, 6) is -0.854. The second-order valence-electron chi connectivity index (χ2n) is 3.81. The van der Waals surface area contributed by atoms with Gasteiger partial charge >= 0.3 is 5.97 Å². The number of rotatable bonds is 5. The van der Waals surface area contributed by atoms with Gasteiger partial charge in [0.1, 0.15) is 0 Å². The topological polar surface area (TPSA) is 70.4 Å². The summed E-state index contributed by atoms with van der Waals surface area (Å²) < 4.78 is 5.93. The first-order chi connectivity index (χ1) is 9.04. The first-order valence-electron chi connectivity index (χ1n) is 5.58. The van der Waals surface area contributed by atoms with Gasteiger partial charge in [0.25, 0.3) is 5.91 Å². The molecule has 0 N–H and O–H groups in total. The van der Waals surface area contributed by atoms with Crippen LogP contribution in [0.1, 0.15) is 16.8 Å². The molecule has 0 bridgehead atoms. The minimum atomic E-state index is -0.529. The van der Waals surface area contributed by atoms with Crippen molar-refractivity contribution in [1.29, 1.82) is 5.26 Å². The summed E-state index contributed by atoms with van der Waals surface area (Å²) in [5.41, 5.74) is 0.410. The van der Waals surface area contributed by atoms with Gasteiger partial charge in [0, 0.05) is 17.2 Å². The molecule has 0 fully saturated rings. The van der Waals surface area contributed by atoms with E-state index in [0.29, 0.717) is 12.1 Å². The summed E-state index contributed by atoms with van der Waals surface area (Å²) >= 11 is 2.13. The highest BCUT2D eigenvalue weighted by molar-refractivity contribution is 14.1. The van der Waals surface area contributed by atoms with Crippen LogP contribution in [-0.2, 0) is 9.53 Å². The van der Waals surface area contributed by atoms with Crippen LogP contribution in [0.3, 0.4) is 0 Å². The number of hydrogen-bond donors (Lipinski definition) is 0. The van der Waals surface area contributed by atoms with Gasteiger partial charge in [-0.3, -0.25) is 4.79 Å². The Kier molecular flexibility index (Phi) is 6.29. The van der Waals surface area contributed by atoms with Crippen LogP contribution in [-0.4, -0.2) is 37.0 Å². The quantitative estimate of drug-likeness (QED) is 0.584. The van der Waals surface area contributed by atoms with Crippen LogP contribution in [0.5, 0.6) is 0 Å². The number of carbonyl (C=O) groups is 2. The van der Waals surface area contributed by atoms with Crippen LogP contribution in [0, 0.1) is 14.9 Å². The van der Waals surface area contributed by atoms with Crippen molar-refractivity contribution in [2.24, 2.45) is 0 Å². The van der Waals surface area contributed by atoms with E-state index >= 15 is 0 Å². The van der Waals surface area contributed by atoms with E-state index in [1.54, 1.807) is 31.3 Å². The fraction of sp³-hybridized carbons (Fsp3) is 0.308. The fourth-order valence-corrected chi connectivity index (χ4v) is 1.61. The monoisotopic (exact) mass is 372 g/mol. The Balaban J connectivity index is 2.44. The second-order valence-corrected chi connectivity index (χ2v) is 5.05. The lowest BCUT2D eigenvalue weighted by Crippen LogP contribution is -2.31. The lowest BCUT2D eigenvalue weighted by Gasteiger charge is -2.15. The largest absolute Gasteiger partial charge is 0.452 e. The van der Waals surface area contributed by atoms with Crippen molar-refractivity contribution < 1.29 is 14.3 Å². The molecular formula is C13H13IN2O3. The van der Waals surface area contributed by atoms with E-state index < -0.39 is 5.97 Å². The van der Waals surface area contributed by atoms with Crippen LogP contribution in [0.2, 0.25) is 0 Å². The number of carbonyl (C=O) groups excluding carboxylic acids is 2. The summed E-state index contributed by atoms with van der Waals surface area (Å²) in [5, 5.41) is 8.41. The van der Waals surface area contributed by atoms with Gasteiger partial charge in [0.2, 0.25) is 0 Å². The average molecular weight is 372 g/mol. The molecule has 1 amide bonds. The molecule has 0 spiro atoms. The first-order valence-corrected chi connectivity index (χ1v) is 6.66. The van der Waals surface area contributed by atoms with Crippen LogP contribution in [0.25, 0.3) is 0 Å². The Hall–Kier alpha value is -1.62. The zero-order valence-electron chi connectivity index (χ0n) is 10.4. The van der Waals surface area contributed by atoms with Gasteiger partial charge in [-0.05, 0) is 46.9 Å². The molecule has 0 unspecified atom stereocenters. The van der Waals surface area contributed by atoms with E-state index in [0.717, 1.165) is 3.57 Å². The Morgan fingerprint density at radius 3 is 2.58 bits per heavy atom. The zero-order valence-corrected chi connectivity index (χ0v) is 12.6. The minimum absolute atomic E-state index is 0.257. The molecule has 0 saturated heterocycles. The van der Waals surface area contributed by atoms with Crippen molar-refractivity contribution in [3.05, 3.63) is 33.4 Å². The first kappa shape index (κ1) is 15.4. The number of nitriles is 1. The summed E-state index contributed by atoms with van der Waals surface area (Å²) in [6, 6.07) is 8.82. The normalized spacial score (nSPS) is 9.53. The van der Waals surface area contributed by atoms with E-state index in [9.17, 15) is 9.59 Å². The Labute approximate surface area is 125 Å². The lowest BCUT2D eigenvalue weighted by molar-refractivity contribution is -0.133. The third kappa shape index (κ3) is 5.26. The molecule has 6 heteroatoms. The molecule has 19 heavy (non-hydrogen) atoms. The summed E-state index contributed by atoms with van der Waals surface area (Å²) in [4.78, 5) is 24.6. The van der Waals surface area contributed by atoms with Gasteiger partial charge in [0.15, 0.2) is 6.61 Å². The van der Waals surface area contributed by atoms with Gasteiger partial charge in [-0.2, -0.15) is 5.26 Å². The molecule has 0 aliphatic rings. The number of benzene rings is 1. The van der Waals surface area contributed by atoms with Crippen molar-refractivity contribution in [2.75, 3.05) is 20.2 Å². The minimum Gasteiger partial charge on any atom is -0.452 e. The molecule has 0 saturated carbocycles. The molecule has 1 rings (SSSR count). The van der Waals surface area contributed by atoms with E-state index in [-0.39, 0.29) is 18.9 Å². The van der Waals surface area contributed by atoms with Crippen molar-refractivity contribution in [3.63, 3.8) is 0 Å². The maximum absolute atomic E-state index is 11.6. The SMILES string of the molecule is CN(CCC#N)C(=O)COC(=O)c1ccc(I)cc1. The molecule has 1 aromatic carbocycles. The number of esters is 1. The maximum atomic E-state index is 11.6. The number of ether oxygens (including phenoxy) is 1. The van der Waals surface area contributed by atoms with Gasteiger partial charge < -0.3 is 9.64 Å². The predicted octanol–water partition coefficient (Wildman–Crippen LogP) is 1.82. The highest BCUT2D eigenvalue weighted by Crippen LogP contribution is 2.08.